The van der Waals surface area contributed by atoms with Crippen LogP contribution in [0.3, 0.4) is 0 Å². The molecule has 0 aliphatic rings. The lowest BCUT2D eigenvalue weighted by Crippen LogP contribution is -2.10. The molecule has 1 N–H and O–H groups in total. The Hall–Kier alpha value is -1.13. The quantitative estimate of drug-likeness (QED) is 0.867. The second kappa shape index (κ2) is 7.04. The fourth-order valence-electron chi connectivity index (χ4n) is 2.22. The fraction of sp³-hybridized carbons (Fsp3) is 0.438. The van der Waals surface area contributed by atoms with Crippen LogP contribution in [0.4, 0.5) is 0 Å². The van der Waals surface area contributed by atoms with Crippen LogP contribution in [0.5, 0.6) is 0 Å². The van der Waals surface area contributed by atoms with Gasteiger partial charge in [0.2, 0.25) is 0 Å². The van der Waals surface area contributed by atoms with Crippen molar-refractivity contribution in [3.8, 4) is 0 Å². The van der Waals surface area contributed by atoms with Crippen LogP contribution in [0.2, 0.25) is 0 Å². The molecule has 1 aromatic carbocycles. The molecule has 1 aromatic heterocycles. The minimum atomic E-state index is 0.0905. The molecule has 0 aliphatic carbocycles. The van der Waals surface area contributed by atoms with Crippen LogP contribution < -0.4 is 0 Å². The summed E-state index contributed by atoms with van der Waals surface area (Å²) < 4.78 is 3.04. The third kappa shape index (κ3) is 3.70. The number of rotatable bonds is 6. The SMILES string of the molecule is CCC(C)n1ccc(CC(CO)c2cccc(Br)c2)n1. The molecule has 4 heteroatoms. The maximum Gasteiger partial charge on any atom is 0.0631 e. The monoisotopic (exact) mass is 336 g/mol. The highest BCUT2D eigenvalue weighted by Crippen LogP contribution is 2.23. The zero-order valence-corrected chi connectivity index (χ0v) is 13.5. The van der Waals surface area contributed by atoms with E-state index in [0.29, 0.717) is 6.04 Å². The molecule has 0 saturated heterocycles. The molecular formula is C16H21BrN2O. The Labute approximate surface area is 128 Å². The number of benzene rings is 1. The maximum atomic E-state index is 9.64. The summed E-state index contributed by atoms with van der Waals surface area (Å²) in [5, 5.41) is 14.3. The third-order valence-electron chi connectivity index (χ3n) is 3.70. The zero-order chi connectivity index (χ0) is 14.5. The van der Waals surface area contributed by atoms with E-state index in [1.807, 2.05) is 29.1 Å². The lowest BCUT2D eigenvalue weighted by molar-refractivity contribution is 0.263. The summed E-state index contributed by atoms with van der Waals surface area (Å²) >= 11 is 3.48. The molecule has 1 heterocycles. The van der Waals surface area contributed by atoms with Gasteiger partial charge in [0.15, 0.2) is 0 Å². The average Bonchev–Trinajstić information content (AvgIpc) is 2.92. The summed E-state index contributed by atoms with van der Waals surface area (Å²) in [6.45, 7) is 4.45. The van der Waals surface area contributed by atoms with Gasteiger partial charge < -0.3 is 5.11 Å². The van der Waals surface area contributed by atoms with Gasteiger partial charge in [-0.2, -0.15) is 5.10 Å². The maximum absolute atomic E-state index is 9.64. The van der Waals surface area contributed by atoms with E-state index in [4.69, 9.17) is 0 Å². The summed E-state index contributed by atoms with van der Waals surface area (Å²) in [5.74, 6) is 0.0905. The van der Waals surface area contributed by atoms with Crippen LogP contribution in [0.15, 0.2) is 41.0 Å². The number of aliphatic hydroxyl groups is 1. The van der Waals surface area contributed by atoms with Crippen molar-refractivity contribution < 1.29 is 5.11 Å². The van der Waals surface area contributed by atoms with E-state index in [2.05, 4.69) is 47.0 Å². The second-order valence-corrected chi connectivity index (χ2v) is 6.10. The predicted molar refractivity (Wildman–Crippen MR) is 84.9 cm³/mol. The number of hydrogen-bond acceptors (Lipinski definition) is 2. The summed E-state index contributed by atoms with van der Waals surface area (Å²) in [6.07, 6.45) is 3.85. The highest BCUT2D eigenvalue weighted by molar-refractivity contribution is 9.10. The molecule has 20 heavy (non-hydrogen) atoms. The topological polar surface area (TPSA) is 38.0 Å². The van der Waals surface area contributed by atoms with Gasteiger partial charge in [-0.25, -0.2) is 0 Å². The molecule has 0 aliphatic heterocycles. The Morgan fingerprint density at radius 1 is 1.35 bits per heavy atom. The summed E-state index contributed by atoms with van der Waals surface area (Å²) in [4.78, 5) is 0. The molecule has 2 aromatic rings. The number of nitrogens with zero attached hydrogens (tertiary/aromatic N) is 2. The smallest absolute Gasteiger partial charge is 0.0631 e. The van der Waals surface area contributed by atoms with Crippen LogP contribution in [-0.2, 0) is 6.42 Å². The van der Waals surface area contributed by atoms with Crippen molar-refractivity contribution in [1.29, 1.82) is 0 Å². The Morgan fingerprint density at radius 3 is 2.80 bits per heavy atom. The Balaban J connectivity index is 2.12. The minimum Gasteiger partial charge on any atom is -0.396 e. The summed E-state index contributed by atoms with van der Waals surface area (Å²) in [6, 6.07) is 10.6. The molecule has 0 spiro atoms. The van der Waals surface area contributed by atoms with Crippen LogP contribution in [0.1, 0.15) is 43.5 Å². The number of aliphatic hydroxyl groups excluding tert-OH is 1. The number of hydrogen-bond donors (Lipinski definition) is 1. The molecule has 0 radical (unpaired) electrons. The predicted octanol–water partition coefficient (Wildman–Crippen LogP) is 3.94. The first kappa shape index (κ1) is 15.3. The van der Waals surface area contributed by atoms with Crippen molar-refractivity contribution in [1.82, 2.24) is 9.78 Å². The summed E-state index contributed by atoms with van der Waals surface area (Å²) in [7, 11) is 0. The molecule has 2 rings (SSSR count). The molecule has 0 amide bonds. The molecule has 0 bridgehead atoms. The first-order chi connectivity index (χ1) is 9.63. The summed E-state index contributed by atoms with van der Waals surface area (Å²) in [5.41, 5.74) is 2.17. The van der Waals surface area contributed by atoms with Crippen LogP contribution >= 0.6 is 15.9 Å². The number of aromatic nitrogens is 2. The van der Waals surface area contributed by atoms with E-state index in [-0.39, 0.29) is 12.5 Å². The Bertz CT molecular complexity index is 553. The molecule has 2 atom stereocenters. The van der Waals surface area contributed by atoms with Crippen molar-refractivity contribution in [2.75, 3.05) is 6.61 Å². The van der Waals surface area contributed by atoms with Gasteiger partial charge >= 0.3 is 0 Å². The van der Waals surface area contributed by atoms with E-state index in [0.717, 1.165) is 28.6 Å². The van der Waals surface area contributed by atoms with Gasteiger partial charge in [-0.15, -0.1) is 0 Å². The van der Waals surface area contributed by atoms with Gasteiger partial charge in [0.1, 0.15) is 0 Å². The van der Waals surface area contributed by atoms with Gasteiger partial charge in [-0.1, -0.05) is 35.0 Å². The largest absolute Gasteiger partial charge is 0.396 e. The van der Waals surface area contributed by atoms with Gasteiger partial charge in [0, 0.05) is 29.1 Å². The van der Waals surface area contributed by atoms with Crippen molar-refractivity contribution in [3.05, 3.63) is 52.3 Å². The van der Waals surface area contributed by atoms with Crippen molar-refractivity contribution in [2.24, 2.45) is 0 Å². The minimum absolute atomic E-state index is 0.0905. The second-order valence-electron chi connectivity index (χ2n) is 5.18. The van der Waals surface area contributed by atoms with Crippen LogP contribution in [-0.4, -0.2) is 21.5 Å². The van der Waals surface area contributed by atoms with E-state index >= 15 is 0 Å². The van der Waals surface area contributed by atoms with E-state index in [1.54, 1.807) is 0 Å². The molecule has 3 nitrogen and oxygen atoms in total. The normalized spacial score (nSPS) is 14.2. The van der Waals surface area contributed by atoms with Crippen LogP contribution in [0, 0.1) is 0 Å². The lowest BCUT2D eigenvalue weighted by Gasteiger charge is -2.14. The standard InChI is InChI=1S/C16H21BrN2O/c1-3-12(2)19-8-7-16(18-19)10-14(11-20)13-5-4-6-15(17)9-13/h4-9,12,14,20H,3,10-11H2,1-2H3. The molecule has 108 valence electrons. The van der Waals surface area contributed by atoms with E-state index in [9.17, 15) is 5.11 Å². The molecular weight excluding hydrogens is 316 g/mol. The highest BCUT2D eigenvalue weighted by atomic mass is 79.9. The lowest BCUT2D eigenvalue weighted by atomic mass is 9.95. The number of halogens is 1. The van der Waals surface area contributed by atoms with Crippen LogP contribution in [0.25, 0.3) is 0 Å². The van der Waals surface area contributed by atoms with Crippen molar-refractivity contribution in [3.63, 3.8) is 0 Å². The van der Waals surface area contributed by atoms with Gasteiger partial charge in [0.05, 0.1) is 12.3 Å². The Kier molecular flexibility index (Phi) is 5.38. The molecule has 0 saturated carbocycles. The van der Waals surface area contributed by atoms with Gasteiger partial charge in [0.25, 0.3) is 0 Å². The van der Waals surface area contributed by atoms with E-state index < -0.39 is 0 Å². The highest BCUT2D eigenvalue weighted by Gasteiger charge is 2.14. The third-order valence-corrected chi connectivity index (χ3v) is 4.20. The zero-order valence-electron chi connectivity index (χ0n) is 12.0. The van der Waals surface area contributed by atoms with Crippen molar-refractivity contribution in [2.45, 2.75) is 38.6 Å². The first-order valence-corrected chi connectivity index (χ1v) is 7.83. The van der Waals surface area contributed by atoms with Crippen molar-refractivity contribution >= 4 is 15.9 Å². The van der Waals surface area contributed by atoms with Gasteiger partial charge in [-0.05, 0) is 37.1 Å². The molecule has 2 unspecified atom stereocenters. The molecule has 0 fully saturated rings. The average molecular weight is 337 g/mol. The first-order valence-electron chi connectivity index (χ1n) is 7.04. The Morgan fingerprint density at radius 2 is 2.15 bits per heavy atom. The fourth-order valence-corrected chi connectivity index (χ4v) is 2.64. The van der Waals surface area contributed by atoms with E-state index in [1.165, 1.54) is 0 Å². The van der Waals surface area contributed by atoms with Gasteiger partial charge in [-0.3, -0.25) is 4.68 Å².